The molecule has 1 fully saturated rings. The van der Waals surface area contributed by atoms with E-state index in [9.17, 15) is 18.0 Å². The maximum atomic E-state index is 14.0. The van der Waals surface area contributed by atoms with Crippen molar-refractivity contribution in [3.63, 3.8) is 0 Å². The molecule has 0 bridgehead atoms. The van der Waals surface area contributed by atoms with Gasteiger partial charge in [-0.2, -0.15) is 13.2 Å². The summed E-state index contributed by atoms with van der Waals surface area (Å²) in [6.45, 7) is 5.05. The van der Waals surface area contributed by atoms with Crippen molar-refractivity contribution in [1.82, 2.24) is 29.7 Å². The number of likely N-dealkylation sites (N-methyl/N-ethyl adjacent to an activating group) is 1. The number of hydrogen-bond acceptors (Lipinski definition) is 8. The van der Waals surface area contributed by atoms with Crippen molar-refractivity contribution < 1.29 is 18.0 Å². The Hall–Kier alpha value is -4.42. The SMILES string of the molecule is Cc1ccc(NC(=O)c2ccc(CN3CCN(C)CC3)c(C(F)(F)F)c2)cc1Nc1ccnc(-c2cncnc2)n1. The van der Waals surface area contributed by atoms with Crippen molar-refractivity contribution in [3.05, 3.63) is 89.6 Å². The van der Waals surface area contributed by atoms with Crippen LogP contribution >= 0.6 is 0 Å². The molecule has 2 aromatic carbocycles. The second-order valence-electron chi connectivity index (χ2n) is 9.95. The van der Waals surface area contributed by atoms with E-state index in [0.29, 0.717) is 41.7 Å². The molecule has 12 heteroatoms. The Kier molecular flexibility index (Phi) is 8.22. The molecule has 0 unspecified atom stereocenters. The molecule has 212 valence electrons. The molecule has 2 aromatic heterocycles. The molecule has 1 aliphatic heterocycles. The first-order valence-corrected chi connectivity index (χ1v) is 13.0. The Labute approximate surface area is 235 Å². The number of carbonyl (C=O) groups excluding carboxylic acids is 1. The van der Waals surface area contributed by atoms with Crippen molar-refractivity contribution in [3.8, 4) is 11.4 Å². The topological polar surface area (TPSA) is 99.2 Å². The molecule has 5 rings (SSSR count). The van der Waals surface area contributed by atoms with Crippen molar-refractivity contribution in [2.45, 2.75) is 19.6 Å². The molecule has 3 heterocycles. The molecule has 0 aliphatic carbocycles. The van der Waals surface area contributed by atoms with E-state index < -0.39 is 17.6 Å². The van der Waals surface area contributed by atoms with Crippen LogP contribution in [0.3, 0.4) is 0 Å². The van der Waals surface area contributed by atoms with Gasteiger partial charge in [-0.05, 0) is 55.4 Å². The molecule has 0 saturated carbocycles. The van der Waals surface area contributed by atoms with E-state index in [0.717, 1.165) is 24.7 Å². The summed E-state index contributed by atoms with van der Waals surface area (Å²) < 4.78 is 42.0. The molecule has 0 radical (unpaired) electrons. The Morgan fingerprint density at radius 1 is 1.00 bits per heavy atom. The third kappa shape index (κ3) is 7.02. The number of aryl methyl sites for hydroxylation is 1. The molecule has 0 spiro atoms. The number of hydrogen-bond donors (Lipinski definition) is 2. The highest BCUT2D eigenvalue weighted by atomic mass is 19.4. The first kappa shape index (κ1) is 28.1. The molecule has 1 aliphatic rings. The lowest BCUT2D eigenvalue weighted by Crippen LogP contribution is -2.44. The first-order valence-electron chi connectivity index (χ1n) is 13.0. The summed E-state index contributed by atoms with van der Waals surface area (Å²) >= 11 is 0. The molecule has 0 atom stereocenters. The Bertz CT molecular complexity index is 1520. The summed E-state index contributed by atoms with van der Waals surface area (Å²) in [5.41, 5.74) is 1.91. The van der Waals surface area contributed by atoms with Crippen LogP contribution in [0, 0.1) is 6.92 Å². The van der Waals surface area contributed by atoms with Crippen molar-refractivity contribution in [2.24, 2.45) is 0 Å². The van der Waals surface area contributed by atoms with E-state index in [2.05, 4.69) is 35.5 Å². The lowest BCUT2D eigenvalue weighted by Gasteiger charge is -2.33. The monoisotopic (exact) mass is 562 g/mol. The fraction of sp³-hybridized carbons (Fsp3) is 0.276. The van der Waals surface area contributed by atoms with Gasteiger partial charge in [0.25, 0.3) is 5.91 Å². The number of nitrogens with zero attached hydrogens (tertiary/aromatic N) is 6. The fourth-order valence-electron chi connectivity index (χ4n) is 4.52. The number of rotatable bonds is 7. The quantitative estimate of drug-likeness (QED) is 0.325. The van der Waals surface area contributed by atoms with E-state index in [4.69, 9.17) is 0 Å². The van der Waals surface area contributed by atoms with Gasteiger partial charge in [-0.1, -0.05) is 12.1 Å². The second-order valence-corrected chi connectivity index (χ2v) is 9.95. The minimum absolute atomic E-state index is 0.0694. The molecule has 1 amide bonds. The van der Waals surface area contributed by atoms with Crippen LogP contribution in [0.5, 0.6) is 0 Å². The second kappa shape index (κ2) is 12.0. The number of anilines is 3. The summed E-state index contributed by atoms with van der Waals surface area (Å²) in [7, 11) is 1.99. The van der Waals surface area contributed by atoms with Crippen LogP contribution in [0.25, 0.3) is 11.4 Å². The van der Waals surface area contributed by atoms with Gasteiger partial charge in [-0.15, -0.1) is 0 Å². The van der Waals surface area contributed by atoms with Gasteiger partial charge in [-0.25, -0.2) is 19.9 Å². The first-order chi connectivity index (χ1) is 19.7. The zero-order chi connectivity index (χ0) is 29.0. The lowest BCUT2D eigenvalue weighted by molar-refractivity contribution is -0.138. The number of halogens is 3. The van der Waals surface area contributed by atoms with Crippen molar-refractivity contribution in [2.75, 3.05) is 43.9 Å². The largest absolute Gasteiger partial charge is 0.416 e. The van der Waals surface area contributed by atoms with Gasteiger partial charge in [-0.3, -0.25) is 9.69 Å². The zero-order valence-corrected chi connectivity index (χ0v) is 22.6. The van der Waals surface area contributed by atoms with Crippen molar-refractivity contribution >= 4 is 23.1 Å². The average Bonchev–Trinajstić information content (AvgIpc) is 2.96. The number of nitrogens with one attached hydrogen (secondary N) is 2. The summed E-state index contributed by atoms with van der Waals surface area (Å²) in [4.78, 5) is 33.9. The Morgan fingerprint density at radius 3 is 2.49 bits per heavy atom. The molecule has 1 saturated heterocycles. The smallest absolute Gasteiger partial charge is 0.340 e. The lowest BCUT2D eigenvalue weighted by atomic mass is 10.0. The van der Waals surface area contributed by atoms with Gasteiger partial charge in [0.15, 0.2) is 5.82 Å². The van der Waals surface area contributed by atoms with E-state index >= 15 is 0 Å². The molecule has 41 heavy (non-hydrogen) atoms. The molecular weight excluding hydrogens is 533 g/mol. The zero-order valence-electron chi connectivity index (χ0n) is 22.6. The highest BCUT2D eigenvalue weighted by Crippen LogP contribution is 2.34. The number of piperazine rings is 1. The van der Waals surface area contributed by atoms with Crippen LogP contribution < -0.4 is 10.6 Å². The van der Waals surface area contributed by atoms with Crippen LogP contribution in [-0.2, 0) is 12.7 Å². The fourth-order valence-corrected chi connectivity index (χ4v) is 4.52. The highest BCUT2D eigenvalue weighted by molar-refractivity contribution is 6.04. The van der Waals surface area contributed by atoms with Crippen LogP contribution in [-0.4, -0.2) is 68.9 Å². The van der Waals surface area contributed by atoms with Crippen LogP contribution in [0.15, 0.2) is 67.4 Å². The van der Waals surface area contributed by atoms with E-state index in [1.165, 1.54) is 18.5 Å². The van der Waals surface area contributed by atoms with Gasteiger partial charge in [0.2, 0.25) is 0 Å². The summed E-state index contributed by atoms with van der Waals surface area (Å²) in [6, 6.07) is 10.7. The van der Waals surface area contributed by atoms with Crippen LogP contribution in [0.4, 0.5) is 30.4 Å². The molecular formula is C29H29F3N8O. The predicted octanol–water partition coefficient (Wildman–Crippen LogP) is 5.00. The summed E-state index contributed by atoms with van der Waals surface area (Å²) in [5.74, 6) is 0.315. The normalized spacial score (nSPS) is 14.6. The summed E-state index contributed by atoms with van der Waals surface area (Å²) in [6.07, 6.45) is 1.65. The maximum absolute atomic E-state index is 14.0. The van der Waals surface area contributed by atoms with Crippen LogP contribution in [0.1, 0.15) is 27.0 Å². The number of carbonyl (C=O) groups is 1. The standard InChI is InChI=1S/C29H29F3N8O/c1-19-3-6-23(14-25(19)37-26-7-8-35-27(38-26)22-15-33-18-34-16-22)36-28(41)20-4-5-21(24(13-20)29(30,31)32)17-40-11-9-39(2)10-12-40/h3-8,13-16,18H,9-12,17H2,1-2H3,(H,36,41)(H,35,37,38). The van der Waals surface area contributed by atoms with Gasteiger partial charge >= 0.3 is 6.18 Å². The number of benzene rings is 2. The van der Waals surface area contributed by atoms with E-state index in [1.54, 1.807) is 42.9 Å². The molecule has 4 aromatic rings. The van der Waals surface area contributed by atoms with Gasteiger partial charge < -0.3 is 15.5 Å². The number of amides is 1. The predicted molar refractivity (Wildman–Crippen MR) is 150 cm³/mol. The minimum atomic E-state index is -4.58. The van der Waals surface area contributed by atoms with E-state index in [-0.39, 0.29) is 17.7 Å². The highest BCUT2D eigenvalue weighted by Gasteiger charge is 2.34. The van der Waals surface area contributed by atoms with Crippen molar-refractivity contribution in [1.29, 1.82) is 0 Å². The summed E-state index contributed by atoms with van der Waals surface area (Å²) in [5, 5.41) is 5.94. The number of aromatic nitrogens is 4. The maximum Gasteiger partial charge on any atom is 0.416 e. The molecule has 2 N–H and O–H groups in total. The van der Waals surface area contributed by atoms with E-state index in [1.807, 2.05) is 18.9 Å². The minimum Gasteiger partial charge on any atom is -0.340 e. The average molecular weight is 563 g/mol. The Balaban J connectivity index is 1.32. The van der Waals surface area contributed by atoms with Gasteiger partial charge in [0.1, 0.15) is 12.1 Å². The third-order valence-corrected chi connectivity index (χ3v) is 6.90. The van der Waals surface area contributed by atoms with Gasteiger partial charge in [0, 0.05) is 68.3 Å². The third-order valence-electron chi connectivity index (χ3n) is 6.90. The number of alkyl halides is 3. The van der Waals surface area contributed by atoms with Crippen LogP contribution in [0.2, 0.25) is 0 Å². The Morgan fingerprint density at radius 2 is 1.76 bits per heavy atom. The van der Waals surface area contributed by atoms with Gasteiger partial charge in [0.05, 0.1) is 11.1 Å². The molecule has 9 nitrogen and oxygen atoms in total.